The minimum absolute atomic E-state index is 0.108. The van der Waals surface area contributed by atoms with E-state index in [2.05, 4.69) is 15.4 Å². The van der Waals surface area contributed by atoms with Crippen molar-refractivity contribution in [3.8, 4) is 11.4 Å². The smallest absolute Gasteiger partial charge is 0.295 e. The summed E-state index contributed by atoms with van der Waals surface area (Å²) in [4.78, 5) is 27.6. The SMILES string of the molecule is COc1ccc([C@H](NC(=O)c2ccc(-n3cncn3)c([N+](=O)[O-])c2)C(C)C)cc1. The van der Waals surface area contributed by atoms with Gasteiger partial charge in [-0.3, -0.25) is 14.9 Å². The molecule has 0 unspecified atom stereocenters. The molecule has 0 saturated heterocycles. The van der Waals surface area contributed by atoms with Crippen LogP contribution in [0.25, 0.3) is 5.69 Å². The van der Waals surface area contributed by atoms with Crippen LogP contribution in [0.2, 0.25) is 0 Å². The fourth-order valence-corrected chi connectivity index (χ4v) is 3.01. The van der Waals surface area contributed by atoms with Gasteiger partial charge >= 0.3 is 0 Å². The molecule has 2 aromatic carbocycles. The van der Waals surface area contributed by atoms with E-state index in [-0.39, 0.29) is 28.9 Å². The Morgan fingerprint density at radius 1 is 1.21 bits per heavy atom. The van der Waals surface area contributed by atoms with E-state index in [1.807, 2.05) is 38.1 Å². The molecule has 0 fully saturated rings. The average molecular weight is 395 g/mol. The number of ether oxygens (including phenoxy) is 1. The highest BCUT2D eigenvalue weighted by Crippen LogP contribution is 2.26. The largest absolute Gasteiger partial charge is 0.497 e. The van der Waals surface area contributed by atoms with E-state index in [1.165, 1.54) is 35.5 Å². The van der Waals surface area contributed by atoms with Crippen molar-refractivity contribution in [3.05, 3.63) is 76.4 Å². The lowest BCUT2D eigenvalue weighted by Crippen LogP contribution is -2.31. The van der Waals surface area contributed by atoms with Gasteiger partial charge < -0.3 is 10.1 Å². The Balaban J connectivity index is 1.88. The first-order valence-corrected chi connectivity index (χ1v) is 8.99. The summed E-state index contributed by atoms with van der Waals surface area (Å²) in [5, 5.41) is 18.4. The number of carbonyl (C=O) groups is 1. The first-order chi connectivity index (χ1) is 13.9. The van der Waals surface area contributed by atoms with Gasteiger partial charge in [0.15, 0.2) is 0 Å². The van der Waals surface area contributed by atoms with Crippen LogP contribution in [-0.4, -0.2) is 32.7 Å². The summed E-state index contributed by atoms with van der Waals surface area (Å²) in [7, 11) is 1.59. The van der Waals surface area contributed by atoms with Gasteiger partial charge in [-0.15, -0.1) is 0 Å². The Bertz CT molecular complexity index is 1000. The second-order valence-corrected chi connectivity index (χ2v) is 6.77. The number of hydrogen-bond donors (Lipinski definition) is 1. The Morgan fingerprint density at radius 3 is 2.48 bits per heavy atom. The van der Waals surface area contributed by atoms with Crippen molar-refractivity contribution in [3.63, 3.8) is 0 Å². The molecule has 0 spiro atoms. The zero-order chi connectivity index (χ0) is 21.0. The monoisotopic (exact) mass is 395 g/mol. The lowest BCUT2D eigenvalue weighted by molar-refractivity contribution is -0.384. The Labute approximate surface area is 167 Å². The summed E-state index contributed by atoms with van der Waals surface area (Å²) in [6.07, 6.45) is 2.65. The second-order valence-electron chi connectivity index (χ2n) is 6.77. The van der Waals surface area contributed by atoms with Crippen LogP contribution in [0.15, 0.2) is 55.1 Å². The van der Waals surface area contributed by atoms with Crippen LogP contribution >= 0.6 is 0 Å². The number of nitro groups is 1. The quantitative estimate of drug-likeness (QED) is 0.485. The lowest BCUT2D eigenvalue weighted by Gasteiger charge is -2.23. The van der Waals surface area contributed by atoms with Gasteiger partial charge in [0.05, 0.1) is 18.1 Å². The van der Waals surface area contributed by atoms with E-state index in [0.29, 0.717) is 0 Å². The number of rotatable bonds is 7. The van der Waals surface area contributed by atoms with Crippen LogP contribution in [-0.2, 0) is 0 Å². The second kappa shape index (κ2) is 8.51. The van der Waals surface area contributed by atoms with Gasteiger partial charge in [0.25, 0.3) is 11.6 Å². The van der Waals surface area contributed by atoms with Crippen LogP contribution in [0.4, 0.5) is 5.69 Å². The molecule has 150 valence electrons. The Kier molecular flexibility index (Phi) is 5.87. The van der Waals surface area contributed by atoms with Crippen LogP contribution in [0.3, 0.4) is 0 Å². The van der Waals surface area contributed by atoms with Crippen molar-refractivity contribution in [2.24, 2.45) is 5.92 Å². The molecule has 9 heteroatoms. The lowest BCUT2D eigenvalue weighted by atomic mass is 9.95. The number of aromatic nitrogens is 3. The number of benzene rings is 2. The molecular formula is C20H21N5O4. The molecule has 3 rings (SSSR count). The molecule has 1 aromatic heterocycles. The fraction of sp³-hybridized carbons (Fsp3) is 0.250. The maximum absolute atomic E-state index is 12.8. The number of nitrogens with one attached hydrogen (secondary N) is 1. The third-order valence-corrected chi connectivity index (χ3v) is 4.53. The van der Waals surface area contributed by atoms with Gasteiger partial charge in [-0.2, -0.15) is 5.10 Å². The van der Waals surface area contributed by atoms with E-state index in [1.54, 1.807) is 7.11 Å². The number of hydrogen-bond acceptors (Lipinski definition) is 6. The van der Waals surface area contributed by atoms with Crippen molar-refractivity contribution in [2.75, 3.05) is 7.11 Å². The summed E-state index contributed by atoms with van der Waals surface area (Å²) in [6, 6.07) is 11.4. The molecule has 0 aliphatic heterocycles. The highest BCUT2D eigenvalue weighted by molar-refractivity contribution is 5.95. The molecule has 1 atom stereocenters. The molecule has 1 N–H and O–H groups in total. The van der Waals surface area contributed by atoms with Crippen molar-refractivity contribution < 1.29 is 14.5 Å². The minimum Gasteiger partial charge on any atom is -0.497 e. The van der Waals surface area contributed by atoms with Crippen LogP contribution < -0.4 is 10.1 Å². The van der Waals surface area contributed by atoms with Crippen LogP contribution in [0.5, 0.6) is 5.75 Å². The first-order valence-electron chi connectivity index (χ1n) is 8.99. The summed E-state index contributed by atoms with van der Waals surface area (Å²) in [6.45, 7) is 3.98. The van der Waals surface area contributed by atoms with E-state index >= 15 is 0 Å². The van der Waals surface area contributed by atoms with Crippen LogP contribution in [0.1, 0.15) is 35.8 Å². The molecule has 0 radical (unpaired) electrons. The molecule has 1 heterocycles. The van der Waals surface area contributed by atoms with Gasteiger partial charge in [0.2, 0.25) is 0 Å². The highest BCUT2D eigenvalue weighted by atomic mass is 16.6. The predicted molar refractivity (Wildman–Crippen MR) is 106 cm³/mol. The maximum atomic E-state index is 12.8. The molecule has 0 bridgehead atoms. The zero-order valence-corrected chi connectivity index (χ0v) is 16.3. The van der Waals surface area contributed by atoms with E-state index in [0.717, 1.165) is 11.3 Å². The Morgan fingerprint density at radius 2 is 1.93 bits per heavy atom. The molecule has 1 amide bonds. The molecule has 0 aliphatic rings. The molecule has 29 heavy (non-hydrogen) atoms. The van der Waals surface area contributed by atoms with Crippen molar-refractivity contribution in [1.29, 1.82) is 0 Å². The molecule has 0 saturated carbocycles. The third-order valence-electron chi connectivity index (χ3n) is 4.53. The van der Waals surface area contributed by atoms with E-state index < -0.39 is 10.8 Å². The van der Waals surface area contributed by atoms with Crippen molar-refractivity contribution in [1.82, 2.24) is 20.1 Å². The third kappa shape index (κ3) is 4.40. The zero-order valence-electron chi connectivity index (χ0n) is 16.3. The van der Waals surface area contributed by atoms with Gasteiger partial charge in [-0.25, -0.2) is 9.67 Å². The number of nitrogens with zero attached hydrogens (tertiary/aromatic N) is 4. The predicted octanol–water partition coefficient (Wildman–Crippen LogP) is 3.31. The number of methoxy groups -OCH3 is 1. The minimum atomic E-state index is -0.544. The summed E-state index contributed by atoms with van der Waals surface area (Å²) in [5.74, 6) is 0.436. The van der Waals surface area contributed by atoms with E-state index in [9.17, 15) is 14.9 Å². The standard InChI is InChI=1S/C20H21N5O4/c1-13(2)19(14-4-7-16(29-3)8-5-14)23-20(26)15-6-9-17(18(10-15)25(27)28)24-12-21-11-22-24/h4-13,19H,1-3H3,(H,23,26)/t19-/m1/s1. The topological polar surface area (TPSA) is 112 Å². The number of amides is 1. The highest BCUT2D eigenvalue weighted by Gasteiger charge is 2.23. The van der Waals surface area contributed by atoms with E-state index in [4.69, 9.17) is 4.74 Å². The average Bonchev–Trinajstić information content (AvgIpc) is 3.26. The molecule has 3 aromatic rings. The summed E-state index contributed by atoms with van der Waals surface area (Å²) >= 11 is 0. The molecule has 9 nitrogen and oxygen atoms in total. The number of carbonyl (C=O) groups excluding carboxylic acids is 1. The van der Waals surface area contributed by atoms with Gasteiger partial charge in [0.1, 0.15) is 24.1 Å². The first kappa shape index (κ1) is 20.0. The Hall–Kier alpha value is -3.75. The normalized spacial score (nSPS) is 11.9. The van der Waals surface area contributed by atoms with Gasteiger partial charge in [-0.05, 0) is 35.7 Å². The summed E-state index contributed by atoms with van der Waals surface area (Å²) in [5.41, 5.74) is 1.12. The van der Waals surface area contributed by atoms with Crippen molar-refractivity contribution in [2.45, 2.75) is 19.9 Å². The van der Waals surface area contributed by atoms with Crippen molar-refractivity contribution >= 4 is 11.6 Å². The van der Waals surface area contributed by atoms with Gasteiger partial charge in [-0.1, -0.05) is 26.0 Å². The van der Waals surface area contributed by atoms with Crippen LogP contribution in [0, 0.1) is 16.0 Å². The maximum Gasteiger partial charge on any atom is 0.295 e. The van der Waals surface area contributed by atoms with Gasteiger partial charge in [0, 0.05) is 11.6 Å². The fourth-order valence-electron chi connectivity index (χ4n) is 3.01. The molecule has 0 aliphatic carbocycles. The summed E-state index contributed by atoms with van der Waals surface area (Å²) < 4.78 is 6.46. The molecular weight excluding hydrogens is 374 g/mol. The number of nitro benzene ring substituents is 1.